The Balaban J connectivity index is 2.33. The third-order valence-corrected chi connectivity index (χ3v) is 3.32. The summed E-state index contributed by atoms with van der Waals surface area (Å²) < 4.78 is 0. The summed E-state index contributed by atoms with van der Waals surface area (Å²) in [5.74, 6) is -3.57. The second-order valence-electron chi connectivity index (χ2n) is 4.02. The molecule has 0 saturated heterocycles. The van der Waals surface area contributed by atoms with Gasteiger partial charge in [-0.25, -0.2) is 0 Å². The van der Waals surface area contributed by atoms with Gasteiger partial charge in [0, 0.05) is 0 Å². The Morgan fingerprint density at radius 2 is 1.29 bits per heavy atom. The van der Waals surface area contributed by atoms with Gasteiger partial charge in [-0.3, -0.25) is 9.59 Å². The molecule has 3 aliphatic carbocycles. The van der Waals surface area contributed by atoms with Crippen molar-refractivity contribution in [3.05, 3.63) is 12.2 Å². The van der Waals surface area contributed by atoms with Crippen molar-refractivity contribution in [1.82, 2.24) is 0 Å². The number of carboxylic acids is 2. The fourth-order valence-corrected chi connectivity index (χ4v) is 2.67. The largest absolute Gasteiger partial charge is 0.481 e. The highest BCUT2D eigenvalue weighted by Gasteiger charge is 2.48. The highest BCUT2D eigenvalue weighted by Crippen LogP contribution is 2.44. The van der Waals surface area contributed by atoms with Crippen molar-refractivity contribution in [3.63, 3.8) is 0 Å². The van der Waals surface area contributed by atoms with E-state index in [1.807, 2.05) is 12.2 Å². The Morgan fingerprint density at radius 3 is 1.50 bits per heavy atom. The number of carboxylic acid groups (broad SMARTS) is 2. The molecule has 0 amide bonds. The molecule has 0 aliphatic heterocycles. The Bertz CT molecular complexity index is 277. The summed E-state index contributed by atoms with van der Waals surface area (Å²) in [6.07, 6.45) is 5.35. The van der Waals surface area contributed by atoms with Gasteiger partial charge in [0.25, 0.3) is 0 Å². The molecule has 0 radical (unpaired) electrons. The number of carbonyl (C=O) groups is 2. The number of allylic oxidation sites excluding steroid dienone is 2. The number of rotatable bonds is 2. The zero-order chi connectivity index (χ0) is 10.3. The van der Waals surface area contributed by atoms with Gasteiger partial charge in [-0.1, -0.05) is 12.2 Å². The van der Waals surface area contributed by atoms with E-state index in [1.54, 1.807) is 0 Å². The minimum absolute atomic E-state index is 0.0846. The van der Waals surface area contributed by atoms with E-state index in [2.05, 4.69) is 0 Å². The lowest BCUT2D eigenvalue weighted by atomic mass is 9.62. The maximum absolute atomic E-state index is 11.0. The molecule has 0 aromatic heterocycles. The molecule has 1 saturated carbocycles. The van der Waals surface area contributed by atoms with Gasteiger partial charge in [-0.15, -0.1) is 0 Å². The zero-order valence-corrected chi connectivity index (χ0v) is 7.59. The molecule has 0 aromatic carbocycles. The molecule has 0 aromatic rings. The van der Waals surface area contributed by atoms with Crippen molar-refractivity contribution in [3.8, 4) is 0 Å². The summed E-state index contributed by atoms with van der Waals surface area (Å²) in [5.41, 5.74) is 0. The summed E-state index contributed by atoms with van der Waals surface area (Å²) in [5, 5.41) is 18.0. The van der Waals surface area contributed by atoms with Gasteiger partial charge in [0.05, 0.1) is 11.8 Å². The van der Waals surface area contributed by atoms with Crippen LogP contribution in [0.3, 0.4) is 0 Å². The van der Waals surface area contributed by atoms with Crippen LogP contribution >= 0.6 is 0 Å². The first-order valence-corrected chi connectivity index (χ1v) is 4.75. The highest BCUT2D eigenvalue weighted by atomic mass is 16.4. The molecule has 4 nitrogen and oxygen atoms in total. The van der Waals surface area contributed by atoms with Gasteiger partial charge >= 0.3 is 11.9 Å². The van der Waals surface area contributed by atoms with E-state index in [-0.39, 0.29) is 11.8 Å². The first-order valence-electron chi connectivity index (χ1n) is 4.75. The van der Waals surface area contributed by atoms with Crippen LogP contribution in [-0.4, -0.2) is 22.2 Å². The average molecular weight is 196 g/mol. The Labute approximate surface area is 81.2 Å². The monoisotopic (exact) mass is 196 g/mol. The van der Waals surface area contributed by atoms with Crippen LogP contribution in [0, 0.1) is 23.7 Å². The normalized spacial score (nSPS) is 39.7. The summed E-state index contributed by atoms with van der Waals surface area (Å²) in [4.78, 5) is 21.9. The molecule has 3 aliphatic rings. The molecule has 2 unspecified atom stereocenters. The van der Waals surface area contributed by atoms with Crippen LogP contribution in [-0.2, 0) is 9.59 Å². The Morgan fingerprint density at radius 1 is 0.929 bits per heavy atom. The number of hydrogen-bond donors (Lipinski definition) is 2. The molecule has 14 heavy (non-hydrogen) atoms. The lowest BCUT2D eigenvalue weighted by Crippen LogP contribution is -2.45. The van der Waals surface area contributed by atoms with Crippen LogP contribution in [0.1, 0.15) is 12.8 Å². The predicted molar refractivity (Wildman–Crippen MR) is 47.6 cm³/mol. The van der Waals surface area contributed by atoms with Crippen molar-refractivity contribution in [2.24, 2.45) is 23.7 Å². The third-order valence-electron chi connectivity index (χ3n) is 3.32. The van der Waals surface area contributed by atoms with Gasteiger partial charge in [0.2, 0.25) is 0 Å². The van der Waals surface area contributed by atoms with E-state index in [0.29, 0.717) is 0 Å². The molecule has 1 fully saturated rings. The standard InChI is InChI=1S/C10H12O4/c11-9(12)7-5-1-2-6(4-3-5)8(7)10(13)14/h1-2,5-8H,3-4H2,(H,11,12)(H,13,14)/t5-,6?,7+,8?/m0/s1. The highest BCUT2D eigenvalue weighted by molar-refractivity contribution is 5.81. The SMILES string of the molecule is O=C(O)C1C2C=C[C@@H](CC2)[C@H]1C(=O)O. The minimum atomic E-state index is -0.976. The number of fused-ring (bicyclic) bond motifs is 2. The van der Waals surface area contributed by atoms with Crippen molar-refractivity contribution < 1.29 is 19.8 Å². The van der Waals surface area contributed by atoms with E-state index in [4.69, 9.17) is 10.2 Å². The molecular formula is C10H12O4. The van der Waals surface area contributed by atoms with Crippen LogP contribution in [0.4, 0.5) is 0 Å². The number of aliphatic carboxylic acids is 2. The van der Waals surface area contributed by atoms with Gasteiger partial charge < -0.3 is 10.2 Å². The topological polar surface area (TPSA) is 74.6 Å². The van der Waals surface area contributed by atoms with E-state index >= 15 is 0 Å². The van der Waals surface area contributed by atoms with E-state index in [1.165, 1.54) is 0 Å². The quantitative estimate of drug-likeness (QED) is 0.646. The maximum Gasteiger partial charge on any atom is 0.307 e. The molecule has 2 N–H and O–H groups in total. The van der Waals surface area contributed by atoms with Crippen molar-refractivity contribution in [2.45, 2.75) is 12.8 Å². The molecule has 0 spiro atoms. The van der Waals surface area contributed by atoms with Crippen LogP contribution < -0.4 is 0 Å². The van der Waals surface area contributed by atoms with Gasteiger partial charge in [-0.2, -0.15) is 0 Å². The molecule has 76 valence electrons. The lowest BCUT2D eigenvalue weighted by Gasteiger charge is -2.40. The fourth-order valence-electron chi connectivity index (χ4n) is 2.67. The van der Waals surface area contributed by atoms with Crippen LogP contribution in [0.15, 0.2) is 12.2 Å². The van der Waals surface area contributed by atoms with E-state index in [9.17, 15) is 9.59 Å². The van der Waals surface area contributed by atoms with Crippen LogP contribution in [0.5, 0.6) is 0 Å². The van der Waals surface area contributed by atoms with Crippen molar-refractivity contribution >= 4 is 11.9 Å². The second-order valence-corrected chi connectivity index (χ2v) is 4.02. The van der Waals surface area contributed by atoms with Crippen LogP contribution in [0.25, 0.3) is 0 Å². The van der Waals surface area contributed by atoms with Crippen molar-refractivity contribution in [1.29, 1.82) is 0 Å². The third kappa shape index (κ3) is 1.22. The molecule has 4 atom stereocenters. The second kappa shape index (κ2) is 3.12. The molecule has 2 bridgehead atoms. The zero-order valence-electron chi connectivity index (χ0n) is 7.59. The lowest BCUT2D eigenvalue weighted by molar-refractivity contribution is -0.160. The molecule has 3 rings (SSSR count). The maximum atomic E-state index is 11.0. The minimum Gasteiger partial charge on any atom is -0.481 e. The Hall–Kier alpha value is -1.32. The van der Waals surface area contributed by atoms with E-state index < -0.39 is 23.8 Å². The van der Waals surface area contributed by atoms with Gasteiger partial charge in [0.1, 0.15) is 0 Å². The van der Waals surface area contributed by atoms with Crippen LogP contribution in [0.2, 0.25) is 0 Å². The first-order chi connectivity index (χ1) is 6.61. The fraction of sp³-hybridized carbons (Fsp3) is 0.600. The first kappa shape index (κ1) is 9.24. The molecular weight excluding hydrogens is 184 g/mol. The smallest absolute Gasteiger partial charge is 0.307 e. The summed E-state index contributed by atoms with van der Waals surface area (Å²) in [7, 11) is 0. The van der Waals surface area contributed by atoms with Gasteiger partial charge in [0.15, 0.2) is 0 Å². The van der Waals surface area contributed by atoms with E-state index in [0.717, 1.165) is 12.8 Å². The summed E-state index contributed by atoms with van der Waals surface area (Å²) in [6, 6.07) is 0. The summed E-state index contributed by atoms with van der Waals surface area (Å²) >= 11 is 0. The molecule has 4 heteroatoms. The molecule has 0 heterocycles. The van der Waals surface area contributed by atoms with Crippen molar-refractivity contribution in [2.75, 3.05) is 0 Å². The average Bonchev–Trinajstić information content (AvgIpc) is 2.17. The Kier molecular flexibility index (Phi) is 2.06. The predicted octanol–water partition coefficient (Wildman–Crippen LogP) is 0.984. The number of hydrogen-bond acceptors (Lipinski definition) is 2. The van der Waals surface area contributed by atoms with Gasteiger partial charge in [-0.05, 0) is 24.7 Å². The summed E-state index contributed by atoms with van der Waals surface area (Å²) in [6.45, 7) is 0.